The average Bonchev–Trinajstić information content (AvgIpc) is 2.68. The molecule has 0 atom stereocenters. The van der Waals surface area contributed by atoms with Gasteiger partial charge in [-0.1, -0.05) is 19.9 Å². The highest BCUT2D eigenvalue weighted by Crippen LogP contribution is 2.28. The Bertz CT molecular complexity index is 616. The molecule has 19 heavy (non-hydrogen) atoms. The fraction of sp³-hybridized carbons (Fsp3) is 0.385. The summed E-state index contributed by atoms with van der Waals surface area (Å²) in [7, 11) is 0. The van der Waals surface area contributed by atoms with E-state index in [-0.39, 0.29) is 5.01 Å². The molecule has 0 bridgehead atoms. The quantitative estimate of drug-likeness (QED) is 0.851. The summed E-state index contributed by atoms with van der Waals surface area (Å²) in [4.78, 5) is 15.0. The summed E-state index contributed by atoms with van der Waals surface area (Å²) in [5.74, 6) is -1.41. The summed E-state index contributed by atoms with van der Waals surface area (Å²) in [6, 6.07) is 5.60. The van der Waals surface area contributed by atoms with Crippen LogP contribution < -0.4 is 0 Å². The van der Waals surface area contributed by atoms with Crippen molar-refractivity contribution in [3.63, 3.8) is 0 Å². The number of thiazole rings is 1. The van der Waals surface area contributed by atoms with E-state index in [1.54, 1.807) is 6.07 Å². The second-order valence-electron chi connectivity index (χ2n) is 4.59. The van der Waals surface area contributed by atoms with Gasteiger partial charge in [0.2, 0.25) is 5.78 Å². The van der Waals surface area contributed by atoms with E-state index in [9.17, 15) is 18.0 Å². The van der Waals surface area contributed by atoms with Crippen LogP contribution in [0, 0.1) is 0 Å². The summed E-state index contributed by atoms with van der Waals surface area (Å²) in [5, 5.41) is 0.207. The number of alkyl halides is 3. The number of Topliss-reactive ketones (excluding diaryl/α,β-unsaturated/α-hetero) is 1. The molecule has 2 nitrogen and oxygen atoms in total. The van der Waals surface area contributed by atoms with Gasteiger partial charge in [-0.15, -0.1) is 11.3 Å². The molecule has 0 aliphatic heterocycles. The highest BCUT2D eigenvalue weighted by molar-refractivity contribution is 7.18. The van der Waals surface area contributed by atoms with Crippen LogP contribution in [0.2, 0.25) is 0 Å². The Balaban J connectivity index is 2.29. The van der Waals surface area contributed by atoms with E-state index in [1.165, 1.54) is 0 Å². The van der Waals surface area contributed by atoms with Gasteiger partial charge in [0.15, 0.2) is 0 Å². The second kappa shape index (κ2) is 4.92. The number of hydrogen-bond acceptors (Lipinski definition) is 3. The zero-order chi connectivity index (χ0) is 14.2. The van der Waals surface area contributed by atoms with Crippen molar-refractivity contribution in [2.75, 3.05) is 0 Å². The van der Waals surface area contributed by atoms with Crippen molar-refractivity contribution in [1.82, 2.24) is 4.98 Å². The predicted molar refractivity (Wildman–Crippen MR) is 68.5 cm³/mol. The Hall–Kier alpha value is -1.43. The number of hydrogen-bond donors (Lipinski definition) is 0. The third-order valence-corrected chi connectivity index (χ3v) is 3.77. The van der Waals surface area contributed by atoms with Gasteiger partial charge in [-0.2, -0.15) is 13.2 Å². The Morgan fingerprint density at radius 1 is 1.37 bits per heavy atom. The smallest absolute Gasteiger partial charge is 0.289 e. The number of aromatic nitrogens is 1. The maximum absolute atomic E-state index is 12.2. The number of carbonyl (C=O) groups excluding carboxylic acids is 1. The largest absolute Gasteiger partial charge is 0.450 e. The molecule has 6 heteroatoms. The van der Waals surface area contributed by atoms with Crippen molar-refractivity contribution in [3.8, 4) is 0 Å². The average molecular weight is 287 g/mol. The van der Waals surface area contributed by atoms with Crippen molar-refractivity contribution >= 4 is 27.3 Å². The van der Waals surface area contributed by atoms with Crippen molar-refractivity contribution in [2.45, 2.75) is 32.4 Å². The lowest BCUT2D eigenvalue weighted by Crippen LogP contribution is -2.24. The molecule has 0 N–H and O–H groups in total. The number of ketones is 1. The van der Waals surface area contributed by atoms with Crippen LogP contribution in [0.1, 0.15) is 30.3 Å². The minimum Gasteiger partial charge on any atom is -0.289 e. The molecule has 0 amide bonds. The van der Waals surface area contributed by atoms with Gasteiger partial charge in [-0.25, -0.2) is 4.98 Å². The molecule has 1 aromatic carbocycles. The lowest BCUT2D eigenvalue weighted by molar-refractivity contribution is -0.170. The van der Waals surface area contributed by atoms with Gasteiger partial charge in [0, 0.05) is 0 Å². The van der Waals surface area contributed by atoms with E-state index in [4.69, 9.17) is 0 Å². The SMILES string of the molecule is CC(C)c1ccc2nc(CC(=O)C(F)(F)F)sc2c1. The summed E-state index contributed by atoms with van der Waals surface area (Å²) in [6.45, 7) is 4.08. The maximum Gasteiger partial charge on any atom is 0.450 e. The third kappa shape index (κ3) is 3.12. The fourth-order valence-electron chi connectivity index (χ4n) is 1.66. The minimum atomic E-state index is -4.79. The number of rotatable bonds is 3. The molecule has 0 aliphatic rings. The Labute approximate surface area is 112 Å². The number of nitrogens with zero attached hydrogens (tertiary/aromatic N) is 1. The van der Waals surface area contributed by atoms with Crippen molar-refractivity contribution in [2.24, 2.45) is 0 Å². The minimum absolute atomic E-state index is 0.207. The third-order valence-electron chi connectivity index (χ3n) is 2.75. The number of benzene rings is 1. The molecular weight excluding hydrogens is 275 g/mol. The Kier molecular flexibility index (Phi) is 3.62. The lowest BCUT2D eigenvalue weighted by Gasteiger charge is -2.03. The molecule has 0 saturated heterocycles. The van der Waals surface area contributed by atoms with Crippen molar-refractivity contribution in [1.29, 1.82) is 0 Å². The van der Waals surface area contributed by atoms with Crippen LogP contribution in [0.15, 0.2) is 18.2 Å². The van der Waals surface area contributed by atoms with Gasteiger partial charge >= 0.3 is 6.18 Å². The van der Waals surface area contributed by atoms with E-state index in [2.05, 4.69) is 4.98 Å². The van der Waals surface area contributed by atoms with E-state index < -0.39 is 18.4 Å². The first kappa shape index (κ1) is 14.0. The van der Waals surface area contributed by atoms with Gasteiger partial charge in [-0.3, -0.25) is 4.79 Å². The first-order chi connectivity index (χ1) is 8.77. The fourth-order valence-corrected chi connectivity index (χ4v) is 2.68. The molecule has 0 spiro atoms. The van der Waals surface area contributed by atoms with Crippen molar-refractivity contribution < 1.29 is 18.0 Å². The Morgan fingerprint density at radius 2 is 2.05 bits per heavy atom. The van der Waals surface area contributed by atoms with E-state index in [0.29, 0.717) is 11.4 Å². The molecule has 1 heterocycles. The molecule has 0 radical (unpaired) electrons. The predicted octanol–water partition coefficient (Wildman–Crippen LogP) is 4.09. The molecule has 2 aromatic rings. The van der Waals surface area contributed by atoms with E-state index in [0.717, 1.165) is 21.6 Å². The van der Waals surface area contributed by atoms with Crippen LogP contribution in [0.25, 0.3) is 10.2 Å². The van der Waals surface area contributed by atoms with E-state index in [1.807, 2.05) is 26.0 Å². The van der Waals surface area contributed by atoms with Gasteiger partial charge in [0.05, 0.1) is 16.6 Å². The number of fused-ring (bicyclic) bond motifs is 1. The standard InChI is InChI=1S/C13H12F3NOS/c1-7(2)8-3-4-9-10(5-8)19-12(17-9)6-11(18)13(14,15)16/h3-5,7H,6H2,1-2H3. The van der Waals surface area contributed by atoms with Gasteiger partial charge in [0.25, 0.3) is 0 Å². The van der Waals surface area contributed by atoms with Crippen LogP contribution in [0.3, 0.4) is 0 Å². The maximum atomic E-state index is 12.2. The Morgan fingerprint density at radius 3 is 2.63 bits per heavy atom. The van der Waals surface area contributed by atoms with Crippen LogP contribution in [-0.2, 0) is 11.2 Å². The first-order valence-corrected chi connectivity index (χ1v) is 6.58. The van der Waals surface area contributed by atoms with Crippen LogP contribution in [-0.4, -0.2) is 16.9 Å². The van der Waals surface area contributed by atoms with Gasteiger partial charge in [-0.05, 0) is 23.6 Å². The summed E-state index contributed by atoms with van der Waals surface area (Å²) in [5.41, 5.74) is 1.74. The monoisotopic (exact) mass is 287 g/mol. The molecule has 0 fully saturated rings. The molecule has 2 rings (SSSR count). The van der Waals surface area contributed by atoms with Crippen LogP contribution >= 0.6 is 11.3 Å². The topological polar surface area (TPSA) is 30.0 Å². The first-order valence-electron chi connectivity index (χ1n) is 5.77. The zero-order valence-electron chi connectivity index (χ0n) is 10.4. The summed E-state index contributed by atoms with van der Waals surface area (Å²) >= 11 is 1.14. The van der Waals surface area contributed by atoms with Gasteiger partial charge in [0.1, 0.15) is 5.01 Å². The van der Waals surface area contributed by atoms with Crippen LogP contribution in [0.5, 0.6) is 0 Å². The molecule has 0 aliphatic carbocycles. The molecule has 0 unspecified atom stereocenters. The number of carbonyl (C=O) groups is 1. The van der Waals surface area contributed by atoms with Crippen LogP contribution in [0.4, 0.5) is 13.2 Å². The van der Waals surface area contributed by atoms with Crippen molar-refractivity contribution in [3.05, 3.63) is 28.8 Å². The normalized spacial score (nSPS) is 12.3. The lowest BCUT2D eigenvalue weighted by atomic mass is 10.0. The highest BCUT2D eigenvalue weighted by Gasteiger charge is 2.38. The number of halogens is 3. The molecule has 1 aromatic heterocycles. The molecular formula is C13H12F3NOS. The highest BCUT2D eigenvalue weighted by atomic mass is 32.1. The molecule has 0 saturated carbocycles. The second-order valence-corrected chi connectivity index (χ2v) is 5.70. The molecule has 102 valence electrons. The van der Waals surface area contributed by atoms with E-state index >= 15 is 0 Å². The summed E-state index contributed by atoms with van der Waals surface area (Å²) < 4.78 is 37.4. The zero-order valence-corrected chi connectivity index (χ0v) is 11.2. The van der Waals surface area contributed by atoms with Gasteiger partial charge < -0.3 is 0 Å². The summed E-state index contributed by atoms with van der Waals surface area (Å²) in [6.07, 6.45) is -5.47.